The molecule has 2 aromatic carbocycles. The van der Waals surface area contributed by atoms with Crippen LogP contribution in [0.5, 0.6) is 17.2 Å². The molecular weight excluding hydrogens is 774 g/mol. The van der Waals surface area contributed by atoms with Gasteiger partial charge in [-0.3, -0.25) is 19.2 Å². The molecule has 3 aliphatic heterocycles. The quantitative estimate of drug-likeness (QED) is 0.195. The number of nitrogens with zero attached hydrogens (tertiary/aromatic N) is 1. The van der Waals surface area contributed by atoms with Gasteiger partial charge in [-0.25, -0.2) is 0 Å². The number of likely N-dealkylation sites (N-methyl/N-ethyl adjacent to an activating group) is 1. The largest absolute Gasteiger partial charge is 0.508 e. The van der Waals surface area contributed by atoms with E-state index in [9.17, 15) is 44.7 Å². The minimum atomic E-state index is -1.80. The Morgan fingerprint density at radius 3 is 2.14 bits per heavy atom. The molecular formula is C42H53NO16. The van der Waals surface area contributed by atoms with Gasteiger partial charge in [0.15, 0.2) is 30.4 Å². The van der Waals surface area contributed by atoms with Gasteiger partial charge in [0.2, 0.25) is 5.78 Å². The van der Waals surface area contributed by atoms with Crippen LogP contribution in [0.2, 0.25) is 0 Å². The SMILES string of the molecule is CC[C@@]1(O)C[C@H](O[C@H]2C[C@H](N(C)C)[C@H](O[C@H]3C[C@H](O)[C@H](O[C@H]4CCC(=O)[C@H](C)O4)[C@H](C)O3)[C@H](C)O2)c2c(cc3c(c2O)C(=O)c2c(O)cc(O)cc2C3=O)[C@H]1C(=O)OC. The summed E-state index contributed by atoms with van der Waals surface area (Å²) in [7, 11) is 4.86. The van der Waals surface area contributed by atoms with Gasteiger partial charge in [-0.2, -0.15) is 0 Å². The smallest absolute Gasteiger partial charge is 0.316 e. The second-order valence-electron chi connectivity index (χ2n) is 16.5. The van der Waals surface area contributed by atoms with Crippen LogP contribution in [0.25, 0.3) is 0 Å². The third kappa shape index (κ3) is 7.77. The number of benzene rings is 2. The van der Waals surface area contributed by atoms with Gasteiger partial charge in [-0.15, -0.1) is 0 Å². The predicted octanol–water partition coefficient (Wildman–Crippen LogP) is 2.86. The Balaban J connectivity index is 1.14. The van der Waals surface area contributed by atoms with Crippen LogP contribution in [0, 0.1) is 0 Å². The van der Waals surface area contributed by atoms with E-state index in [0.717, 1.165) is 19.2 Å². The van der Waals surface area contributed by atoms with Crippen LogP contribution in [0.3, 0.4) is 0 Å². The highest BCUT2D eigenvalue weighted by Gasteiger charge is 2.54. The Kier molecular flexibility index (Phi) is 12.0. The van der Waals surface area contributed by atoms with Crippen molar-refractivity contribution in [1.29, 1.82) is 0 Å². The summed E-state index contributed by atoms with van der Waals surface area (Å²) in [4.78, 5) is 55.1. The minimum absolute atomic E-state index is 0.000624. The molecule has 13 atom stereocenters. The number of rotatable bonds is 9. The van der Waals surface area contributed by atoms with Crippen molar-refractivity contribution in [2.45, 2.75) is 145 Å². The Bertz CT molecular complexity index is 1990. The van der Waals surface area contributed by atoms with Crippen LogP contribution in [-0.2, 0) is 42.7 Å². The fourth-order valence-electron chi connectivity index (χ4n) is 9.33. The number of phenolic OH excluding ortho intramolecular Hbond substituents is 3. The third-order valence-corrected chi connectivity index (χ3v) is 12.5. The van der Waals surface area contributed by atoms with Gasteiger partial charge in [-0.05, 0) is 59.0 Å². The van der Waals surface area contributed by atoms with Gasteiger partial charge in [0.1, 0.15) is 41.5 Å². The van der Waals surface area contributed by atoms with Crippen molar-refractivity contribution >= 4 is 23.3 Å². The second-order valence-corrected chi connectivity index (χ2v) is 16.5. The monoisotopic (exact) mass is 827 g/mol. The summed E-state index contributed by atoms with van der Waals surface area (Å²) in [6.45, 7) is 6.90. The van der Waals surface area contributed by atoms with Crippen LogP contribution in [0.4, 0.5) is 0 Å². The van der Waals surface area contributed by atoms with Crippen molar-refractivity contribution in [3.05, 3.63) is 51.6 Å². The van der Waals surface area contributed by atoms with Gasteiger partial charge in [-0.1, -0.05) is 6.92 Å². The van der Waals surface area contributed by atoms with Crippen molar-refractivity contribution in [3.8, 4) is 17.2 Å². The Hall–Kier alpha value is -4.04. The summed E-state index contributed by atoms with van der Waals surface area (Å²) < 4.78 is 42.6. The maximum absolute atomic E-state index is 13.9. The number of ether oxygens (including phenoxy) is 7. The lowest BCUT2D eigenvalue weighted by molar-refractivity contribution is -0.324. The van der Waals surface area contributed by atoms with E-state index in [0.29, 0.717) is 12.8 Å². The summed E-state index contributed by atoms with van der Waals surface area (Å²) in [5, 5.41) is 56.0. The molecule has 0 aromatic heterocycles. The number of hydrogen-bond acceptors (Lipinski definition) is 17. The summed E-state index contributed by atoms with van der Waals surface area (Å²) in [6.07, 6.45) is -6.94. The number of ketones is 3. The van der Waals surface area contributed by atoms with E-state index in [1.54, 1.807) is 27.7 Å². The van der Waals surface area contributed by atoms with Gasteiger partial charge >= 0.3 is 5.97 Å². The lowest BCUT2D eigenvalue weighted by Crippen LogP contribution is -2.58. The average Bonchev–Trinajstić information content (AvgIpc) is 3.16. The molecule has 0 saturated carbocycles. The molecule has 0 bridgehead atoms. The van der Waals surface area contributed by atoms with E-state index in [2.05, 4.69) is 0 Å². The number of aliphatic hydroxyl groups excluding tert-OH is 1. The van der Waals surface area contributed by atoms with Gasteiger partial charge in [0, 0.05) is 60.9 Å². The third-order valence-electron chi connectivity index (χ3n) is 12.5. The zero-order valence-electron chi connectivity index (χ0n) is 34.1. The average molecular weight is 828 g/mol. The molecule has 0 radical (unpaired) electrons. The van der Waals surface area contributed by atoms with Crippen molar-refractivity contribution in [3.63, 3.8) is 0 Å². The van der Waals surface area contributed by atoms with Crippen LogP contribution in [0.15, 0.2) is 18.2 Å². The lowest BCUT2D eigenvalue weighted by atomic mass is 9.67. The Labute approximate surface area is 341 Å². The van der Waals surface area contributed by atoms with Gasteiger partial charge in [0.05, 0.1) is 48.3 Å². The highest BCUT2D eigenvalue weighted by Crippen LogP contribution is 2.54. The standard InChI is InChI=1S/C42H53NO16/c1-8-42(52)16-28(33-21(35(42)41(51)53-7)13-23-34(38(33)50)37(49)32-22(36(23)48)11-20(44)12-26(32)46)57-30-14-24(43(5)6)39(18(3)55-30)59-31-15-27(47)40(19(4)56-31)58-29-10-9-25(45)17(2)54-29/h11-13,17-19,24,27-31,35,39-40,44,46-47,50,52H,8-10,14-16H2,1-7H3/t17-,18-,19-,24-,27-,28-,29-,30-,31-,35-,39+,40+,42+/m0/s1. The lowest BCUT2D eigenvalue weighted by Gasteiger charge is -2.48. The minimum Gasteiger partial charge on any atom is -0.508 e. The molecule has 5 aliphatic rings. The van der Waals surface area contributed by atoms with Crippen LogP contribution in [-0.4, -0.2) is 142 Å². The highest BCUT2D eigenvalue weighted by atomic mass is 16.7. The maximum Gasteiger partial charge on any atom is 0.316 e. The molecule has 3 fully saturated rings. The Morgan fingerprint density at radius 2 is 1.51 bits per heavy atom. The zero-order chi connectivity index (χ0) is 42.8. The molecule has 0 unspecified atom stereocenters. The molecule has 322 valence electrons. The number of phenols is 3. The van der Waals surface area contributed by atoms with Crippen LogP contribution >= 0.6 is 0 Å². The number of hydrogen-bond donors (Lipinski definition) is 5. The molecule has 2 aliphatic carbocycles. The number of fused-ring (bicyclic) bond motifs is 3. The number of carbonyl (C=O) groups is 4. The second kappa shape index (κ2) is 16.4. The van der Waals surface area contributed by atoms with Crippen LogP contribution < -0.4 is 0 Å². The van der Waals surface area contributed by atoms with E-state index in [-0.39, 0.29) is 59.8 Å². The maximum atomic E-state index is 13.9. The number of Topliss-reactive ketones (excluding diaryl/α,β-unsaturated/α-hetero) is 1. The number of aliphatic hydroxyl groups is 2. The van der Waals surface area contributed by atoms with Gasteiger partial charge in [0.25, 0.3) is 0 Å². The fourth-order valence-corrected chi connectivity index (χ4v) is 9.33. The first-order chi connectivity index (χ1) is 27.9. The van der Waals surface area contributed by atoms with E-state index < -0.39 is 119 Å². The summed E-state index contributed by atoms with van der Waals surface area (Å²) in [6, 6.07) is 2.86. The first kappa shape index (κ1) is 43.1. The van der Waals surface area contributed by atoms with Crippen molar-refractivity contribution < 1.29 is 77.9 Å². The molecule has 7 rings (SSSR count). The number of esters is 1. The van der Waals surface area contributed by atoms with Crippen molar-refractivity contribution in [2.75, 3.05) is 21.2 Å². The highest BCUT2D eigenvalue weighted by molar-refractivity contribution is 6.30. The number of carbonyl (C=O) groups excluding carboxylic acids is 4. The summed E-state index contributed by atoms with van der Waals surface area (Å²) in [5.74, 6) is -5.71. The van der Waals surface area contributed by atoms with E-state index in [4.69, 9.17) is 33.2 Å². The van der Waals surface area contributed by atoms with Crippen LogP contribution in [0.1, 0.15) is 121 Å². The van der Waals surface area contributed by atoms with E-state index in [1.165, 1.54) is 6.07 Å². The normalized spacial score (nSPS) is 35.9. The molecule has 0 amide bonds. The molecule has 2 aromatic rings. The molecule has 5 N–H and O–H groups in total. The molecule has 17 nitrogen and oxygen atoms in total. The molecule has 59 heavy (non-hydrogen) atoms. The first-order valence-electron chi connectivity index (χ1n) is 20.0. The summed E-state index contributed by atoms with van der Waals surface area (Å²) >= 11 is 0. The van der Waals surface area contributed by atoms with Gasteiger partial charge < -0.3 is 63.6 Å². The number of aromatic hydroxyl groups is 3. The molecule has 3 saturated heterocycles. The molecule has 0 spiro atoms. The predicted molar refractivity (Wildman–Crippen MR) is 203 cm³/mol. The topological polar surface area (TPSA) is 237 Å². The first-order valence-corrected chi connectivity index (χ1v) is 20.0. The molecule has 3 heterocycles. The molecule has 17 heteroatoms. The zero-order valence-corrected chi connectivity index (χ0v) is 34.1. The fraction of sp³-hybridized carbons (Fsp3) is 0.619. The van der Waals surface area contributed by atoms with E-state index >= 15 is 0 Å². The number of methoxy groups -OCH3 is 1. The Morgan fingerprint density at radius 1 is 0.864 bits per heavy atom. The summed E-state index contributed by atoms with van der Waals surface area (Å²) in [5.41, 5.74) is -3.22. The van der Waals surface area contributed by atoms with Crippen molar-refractivity contribution in [2.24, 2.45) is 0 Å². The van der Waals surface area contributed by atoms with Crippen molar-refractivity contribution in [1.82, 2.24) is 4.90 Å². The van der Waals surface area contributed by atoms with E-state index in [1.807, 2.05) is 19.0 Å².